The fourth-order valence-corrected chi connectivity index (χ4v) is 5.83. The molecule has 0 spiro atoms. The van der Waals surface area contributed by atoms with Crippen LogP contribution in [0.2, 0.25) is 0 Å². The van der Waals surface area contributed by atoms with E-state index in [1.165, 1.54) is 6.08 Å². The number of alkyl halides is 3. The molecular formula is C15H21F2IN2O. The molecule has 5 atom stereocenters. The molecule has 3 nitrogen and oxygen atoms in total. The maximum atomic E-state index is 14.5. The van der Waals surface area contributed by atoms with Gasteiger partial charge in [-0.15, -0.1) is 20.7 Å². The van der Waals surface area contributed by atoms with Crippen molar-refractivity contribution in [3.8, 4) is 0 Å². The molecule has 0 aromatic heterocycles. The van der Waals surface area contributed by atoms with E-state index in [0.29, 0.717) is 13.0 Å². The SMILES string of the molecule is C=IC1(C(O)(CC2CN=CN2)C2C=CC(F)CC2F)CC1. The lowest BCUT2D eigenvalue weighted by atomic mass is 9.73. The van der Waals surface area contributed by atoms with E-state index in [9.17, 15) is 13.9 Å². The molecule has 0 aromatic carbocycles. The monoisotopic (exact) mass is 410 g/mol. The van der Waals surface area contributed by atoms with Crippen molar-refractivity contribution in [3.05, 3.63) is 12.2 Å². The predicted molar refractivity (Wildman–Crippen MR) is 90.0 cm³/mol. The zero-order chi connectivity index (χ0) is 15.1. The van der Waals surface area contributed by atoms with Crippen molar-refractivity contribution in [1.82, 2.24) is 5.32 Å². The van der Waals surface area contributed by atoms with Crippen LogP contribution in [0.25, 0.3) is 0 Å². The number of nitrogens with zero attached hydrogens (tertiary/aromatic N) is 1. The Morgan fingerprint density at radius 1 is 1.43 bits per heavy atom. The molecule has 2 aliphatic carbocycles. The molecule has 2 N–H and O–H groups in total. The standard InChI is InChI=1S/C15H21F2IN2O/c1-18-14(4-5-14)15(21,7-11-8-19-9-20-11)12-3-2-10(16)6-13(12)17/h2-3,9-13,21H,1,4-8H2,(H,19,20). The van der Waals surface area contributed by atoms with E-state index in [-0.39, 0.29) is 15.9 Å². The molecule has 1 heterocycles. The molecular weight excluding hydrogens is 389 g/mol. The van der Waals surface area contributed by atoms with Crippen molar-refractivity contribution in [2.45, 2.75) is 53.1 Å². The van der Waals surface area contributed by atoms with Crippen LogP contribution in [0.1, 0.15) is 25.7 Å². The summed E-state index contributed by atoms with van der Waals surface area (Å²) >= 11 is -0.460. The Morgan fingerprint density at radius 3 is 2.71 bits per heavy atom. The van der Waals surface area contributed by atoms with Crippen molar-refractivity contribution in [1.29, 1.82) is 0 Å². The van der Waals surface area contributed by atoms with Crippen LogP contribution in [-0.2, 0) is 0 Å². The summed E-state index contributed by atoms with van der Waals surface area (Å²) in [7, 11) is 0. The first-order valence-electron chi connectivity index (χ1n) is 7.33. The summed E-state index contributed by atoms with van der Waals surface area (Å²) in [6.07, 6.45) is 4.16. The Kier molecular flexibility index (Phi) is 4.20. The molecule has 1 aliphatic heterocycles. The molecule has 0 radical (unpaired) electrons. The zero-order valence-corrected chi connectivity index (χ0v) is 14.0. The number of rotatable bonds is 5. The Bertz CT molecular complexity index is 472. The number of hydrogen-bond acceptors (Lipinski definition) is 3. The van der Waals surface area contributed by atoms with Gasteiger partial charge in [0.25, 0.3) is 0 Å². The summed E-state index contributed by atoms with van der Waals surface area (Å²) in [4.78, 5) is 4.13. The number of aliphatic imine (C=N–C) groups is 1. The van der Waals surface area contributed by atoms with Gasteiger partial charge in [0.2, 0.25) is 0 Å². The quantitative estimate of drug-likeness (QED) is 0.415. The molecule has 3 aliphatic rings. The molecule has 6 heteroatoms. The fraction of sp³-hybridized carbons (Fsp3) is 0.733. The van der Waals surface area contributed by atoms with E-state index in [1.807, 2.05) is 0 Å². The van der Waals surface area contributed by atoms with E-state index in [1.54, 1.807) is 12.4 Å². The summed E-state index contributed by atoms with van der Waals surface area (Å²) in [6.45, 7) is 0.604. The first-order chi connectivity index (χ1) is 10.0. The Labute approximate surface area is 133 Å². The molecule has 0 aromatic rings. The second-order valence-electron chi connectivity index (χ2n) is 6.26. The summed E-state index contributed by atoms with van der Waals surface area (Å²) in [5, 5.41) is 14.5. The van der Waals surface area contributed by atoms with Crippen LogP contribution < -0.4 is 5.32 Å². The highest BCUT2D eigenvalue weighted by Crippen LogP contribution is 2.60. The van der Waals surface area contributed by atoms with E-state index in [0.717, 1.165) is 12.8 Å². The van der Waals surface area contributed by atoms with Gasteiger partial charge in [-0.1, -0.05) is 16.7 Å². The second kappa shape index (κ2) is 5.68. The van der Waals surface area contributed by atoms with Crippen LogP contribution in [0.15, 0.2) is 17.1 Å². The van der Waals surface area contributed by atoms with Gasteiger partial charge in [-0.2, -0.15) is 0 Å². The normalized spacial score (nSPS) is 39.8. The lowest BCUT2D eigenvalue weighted by Crippen LogP contribution is -2.55. The topological polar surface area (TPSA) is 44.6 Å². The average molecular weight is 410 g/mol. The van der Waals surface area contributed by atoms with Gasteiger partial charge in [0.1, 0.15) is 12.3 Å². The molecule has 118 valence electrons. The minimum Gasteiger partial charge on any atom is -0.388 e. The smallest absolute Gasteiger partial charge is 0.121 e. The van der Waals surface area contributed by atoms with Crippen molar-refractivity contribution < 1.29 is 13.9 Å². The lowest BCUT2D eigenvalue weighted by Gasteiger charge is -2.44. The largest absolute Gasteiger partial charge is 0.388 e. The van der Waals surface area contributed by atoms with Gasteiger partial charge in [-0.3, -0.25) is 4.99 Å². The number of hydrogen-bond donors (Lipinski definition) is 2. The molecule has 3 rings (SSSR count). The van der Waals surface area contributed by atoms with Gasteiger partial charge in [0.05, 0.1) is 18.5 Å². The van der Waals surface area contributed by atoms with Gasteiger partial charge in [-0.05, 0) is 12.8 Å². The van der Waals surface area contributed by atoms with Crippen LogP contribution in [0.4, 0.5) is 8.78 Å². The highest BCUT2D eigenvalue weighted by Gasteiger charge is 2.62. The highest BCUT2D eigenvalue weighted by molar-refractivity contribution is 14.2. The zero-order valence-electron chi connectivity index (χ0n) is 11.8. The van der Waals surface area contributed by atoms with E-state index in [2.05, 4.69) is 14.8 Å². The van der Waals surface area contributed by atoms with Crippen LogP contribution in [0.5, 0.6) is 0 Å². The summed E-state index contributed by atoms with van der Waals surface area (Å²) in [6, 6.07) is 0.0340. The van der Waals surface area contributed by atoms with Gasteiger partial charge in [0.15, 0.2) is 0 Å². The lowest BCUT2D eigenvalue weighted by molar-refractivity contribution is -0.0519. The molecule has 0 bridgehead atoms. The van der Waals surface area contributed by atoms with Crippen molar-refractivity contribution in [3.63, 3.8) is 0 Å². The van der Waals surface area contributed by atoms with Crippen molar-refractivity contribution >= 4 is 31.6 Å². The predicted octanol–water partition coefficient (Wildman–Crippen LogP) is 2.30. The number of halogens is 3. The van der Waals surface area contributed by atoms with E-state index < -0.39 is 44.6 Å². The number of nitrogens with one attached hydrogen (secondary N) is 1. The third kappa shape index (κ3) is 2.69. The number of aliphatic hydroxyl groups is 1. The third-order valence-electron chi connectivity index (χ3n) is 4.92. The maximum Gasteiger partial charge on any atom is 0.121 e. The van der Waals surface area contributed by atoms with E-state index in [4.69, 9.17) is 0 Å². The summed E-state index contributed by atoms with van der Waals surface area (Å²) in [5.41, 5.74) is -1.14. The Balaban J connectivity index is 1.88. The van der Waals surface area contributed by atoms with Crippen molar-refractivity contribution in [2.24, 2.45) is 10.9 Å². The van der Waals surface area contributed by atoms with Crippen LogP contribution in [0.3, 0.4) is 0 Å². The highest BCUT2D eigenvalue weighted by atomic mass is 127. The van der Waals surface area contributed by atoms with Crippen molar-refractivity contribution in [2.75, 3.05) is 6.54 Å². The van der Waals surface area contributed by atoms with Gasteiger partial charge >= 0.3 is 0 Å². The van der Waals surface area contributed by atoms with Crippen LogP contribution in [0, 0.1) is 5.92 Å². The van der Waals surface area contributed by atoms with Crippen LogP contribution >= 0.6 is 20.7 Å². The molecule has 1 saturated carbocycles. The Morgan fingerprint density at radius 2 is 2.19 bits per heavy atom. The maximum absolute atomic E-state index is 14.5. The first kappa shape index (κ1) is 15.5. The van der Waals surface area contributed by atoms with Gasteiger partial charge < -0.3 is 10.4 Å². The van der Waals surface area contributed by atoms with Gasteiger partial charge in [0, 0.05) is 28.2 Å². The first-order valence-corrected chi connectivity index (χ1v) is 9.94. The molecule has 21 heavy (non-hydrogen) atoms. The second-order valence-corrected chi connectivity index (χ2v) is 9.09. The minimum absolute atomic E-state index is 0.0340. The van der Waals surface area contributed by atoms with Crippen LogP contribution in [-0.4, -0.2) is 49.9 Å². The Hall–Kier alpha value is -0.370. The minimum atomic E-state index is -1.33. The average Bonchev–Trinajstić information content (AvgIpc) is 3.11. The summed E-state index contributed by atoms with van der Waals surface area (Å²) < 4.78 is 31.6. The van der Waals surface area contributed by atoms with E-state index >= 15 is 0 Å². The molecule has 1 fully saturated rings. The fourth-order valence-electron chi connectivity index (χ4n) is 3.56. The summed E-state index contributed by atoms with van der Waals surface area (Å²) in [5.74, 6) is -0.629. The number of allylic oxidation sites excluding steroid dienone is 1. The molecule has 0 saturated heterocycles. The van der Waals surface area contributed by atoms with Gasteiger partial charge in [-0.25, -0.2) is 8.78 Å². The molecule has 5 unspecified atom stereocenters. The third-order valence-corrected chi connectivity index (χ3v) is 8.40. The molecule has 0 amide bonds.